The minimum atomic E-state index is -0.230. The quantitative estimate of drug-likeness (QED) is 0.725. The minimum absolute atomic E-state index is 0.139. The van der Waals surface area contributed by atoms with Gasteiger partial charge in [0.25, 0.3) is 11.5 Å². The number of aromatic nitrogens is 3. The molecule has 0 spiro atoms. The van der Waals surface area contributed by atoms with Crippen molar-refractivity contribution in [1.29, 1.82) is 0 Å². The van der Waals surface area contributed by atoms with Crippen molar-refractivity contribution >= 4 is 11.6 Å². The van der Waals surface area contributed by atoms with Crippen molar-refractivity contribution in [1.82, 2.24) is 19.5 Å². The smallest absolute Gasteiger partial charge is 0.280 e. The van der Waals surface area contributed by atoms with Crippen LogP contribution in [0.4, 0.5) is 0 Å². The van der Waals surface area contributed by atoms with Crippen LogP contribution in [0.1, 0.15) is 41.2 Å². The second kappa shape index (κ2) is 7.00. The second-order valence-corrected chi connectivity index (χ2v) is 6.85. The van der Waals surface area contributed by atoms with E-state index in [4.69, 9.17) is 4.74 Å². The van der Waals surface area contributed by atoms with Crippen molar-refractivity contribution in [2.24, 2.45) is 0 Å². The van der Waals surface area contributed by atoms with Crippen LogP contribution in [0.25, 0.3) is 5.65 Å². The van der Waals surface area contributed by atoms with E-state index in [1.165, 1.54) is 4.52 Å². The molecule has 0 fully saturated rings. The molecular formula is C20H22N4O3. The normalized spacial score (nSPS) is 14.7. The average molecular weight is 366 g/mol. The molecule has 0 bridgehead atoms. The number of aryl methyl sites for hydroxylation is 1. The molecule has 0 saturated heterocycles. The molecule has 1 aliphatic heterocycles. The van der Waals surface area contributed by atoms with Gasteiger partial charge in [0.15, 0.2) is 0 Å². The number of benzene rings is 1. The highest BCUT2D eigenvalue weighted by molar-refractivity contribution is 5.97. The first-order valence-electron chi connectivity index (χ1n) is 9.15. The zero-order valence-electron chi connectivity index (χ0n) is 15.4. The van der Waals surface area contributed by atoms with Gasteiger partial charge in [-0.1, -0.05) is 37.3 Å². The van der Waals surface area contributed by atoms with Crippen LogP contribution >= 0.6 is 0 Å². The highest BCUT2D eigenvalue weighted by Crippen LogP contribution is 2.21. The Morgan fingerprint density at radius 2 is 2.04 bits per heavy atom. The molecule has 7 nitrogen and oxygen atoms in total. The van der Waals surface area contributed by atoms with Crippen LogP contribution in [0, 0.1) is 0 Å². The number of carbonyl (C=O) groups excluding carboxylic acids is 1. The maximum absolute atomic E-state index is 12.8. The third kappa shape index (κ3) is 3.14. The number of ether oxygens (including phenoxy) is 1. The predicted octanol–water partition coefficient (Wildman–Crippen LogP) is 2.15. The molecule has 1 aromatic carbocycles. The van der Waals surface area contributed by atoms with E-state index in [0.29, 0.717) is 30.1 Å². The Bertz CT molecular complexity index is 1040. The molecule has 140 valence electrons. The number of fused-ring (bicyclic) bond motifs is 2. The van der Waals surface area contributed by atoms with Crippen LogP contribution in [0.2, 0.25) is 0 Å². The molecule has 1 N–H and O–H groups in total. The number of nitrogens with one attached hydrogen (secondary N) is 1. The van der Waals surface area contributed by atoms with Gasteiger partial charge < -0.3 is 14.6 Å². The highest BCUT2D eigenvalue weighted by Gasteiger charge is 2.34. The Balaban J connectivity index is 1.49. The van der Waals surface area contributed by atoms with Gasteiger partial charge in [-0.25, -0.2) is 0 Å². The van der Waals surface area contributed by atoms with Gasteiger partial charge in [0.05, 0.1) is 37.1 Å². The highest BCUT2D eigenvalue weighted by atomic mass is 16.5. The number of amides is 1. The first kappa shape index (κ1) is 17.5. The van der Waals surface area contributed by atoms with Gasteiger partial charge in [-0.3, -0.25) is 9.59 Å². The summed E-state index contributed by atoms with van der Waals surface area (Å²) in [5, 5.41) is 4.30. The summed E-state index contributed by atoms with van der Waals surface area (Å²) in [6.45, 7) is 5.08. The topological polar surface area (TPSA) is 79.7 Å². The SMILES string of the molecule is CCc1cc2[nH]c3c(c(=O)n2n1)CN(C(C)COCc1ccccc1)C3=O. The monoisotopic (exact) mass is 366 g/mol. The summed E-state index contributed by atoms with van der Waals surface area (Å²) >= 11 is 0. The lowest BCUT2D eigenvalue weighted by atomic mass is 10.2. The molecule has 27 heavy (non-hydrogen) atoms. The van der Waals surface area contributed by atoms with Crippen LogP contribution in [0.3, 0.4) is 0 Å². The van der Waals surface area contributed by atoms with E-state index in [1.54, 1.807) is 4.90 Å². The van der Waals surface area contributed by atoms with Gasteiger partial charge in [0, 0.05) is 6.07 Å². The van der Waals surface area contributed by atoms with Crippen molar-refractivity contribution in [2.75, 3.05) is 6.61 Å². The Morgan fingerprint density at radius 1 is 1.26 bits per heavy atom. The number of rotatable bonds is 6. The maximum atomic E-state index is 12.8. The molecule has 3 heterocycles. The molecule has 3 aromatic rings. The van der Waals surface area contributed by atoms with Crippen LogP contribution in [-0.4, -0.2) is 38.1 Å². The fourth-order valence-corrected chi connectivity index (χ4v) is 3.37. The molecule has 7 heteroatoms. The Labute approximate surface area is 156 Å². The first-order valence-corrected chi connectivity index (χ1v) is 9.15. The summed E-state index contributed by atoms with van der Waals surface area (Å²) in [5.41, 5.74) is 3.06. The molecule has 0 saturated carbocycles. The molecule has 1 amide bonds. The summed E-state index contributed by atoms with van der Waals surface area (Å²) in [6, 6.07) is 11.6. The summed E-state index contributed by atoms with van der Waals surface area (Å²) in [7, 11) is 0. The van der Waals surface area contributed by atoms with Gasteiger partial charge in [-0.2, -0.15) is 9.61 Å². The van der Waals surface area contributed by atoms with E-state index in [-0.39, 0.29) is 24.1 Å². The molecule has 2 aromatic heterocycles. The largest absolute Gasteiger partial charge is 0.375 e. The Hall–Kier alpha value is -2.93. The number of H-pyrrole nitrogens is 1. The number of hydrogen-bond donors (Lipinski definition) is 1. The predicted molar refractivity (Wildman–Crippen MR) is 101 cm³/mol. The van der Waals surface area contributed by atoms with E-state index in [1.807, 2.05) is 50.2 Å². The average Bonchev–Trinajstić information content (AvgIpc) is 3.25. The van der Waals surface area contributed by atoms with Crippen LogP contribution in [0.5, 0.6) is 0 Å². The van der Waals surface area contributed by atoms with Crippen molar-refractivity contribution in [3.63, 3.8) is 0 Å². The van der Waals surface area contributed by atoms with Crippen molar-refractivity contribution in [2.45, 2.75) is 39.5 Å². The lowest BCUT2D eigenvalue weighted by Gasteiger charge is -2.23. The van der Waals surface area contributed by atoms with E-state index in [9.17, 15) is 9.59 Å². The summed E-state index contributed by atoms with van der Waals surface area (Å²) in [6.07, 6.45) is 0.732. The minimum Gasteiger partial charge on any atom is -0.375 e. The van der Waals surface area contributed by atoms with Crippen LogP contribution < -0.4 is 5.56 Å². The second-order valence-electron chi connectivity index (χ2n) is 6.85. The number of nitrogens with zero attached hydrogens (tertiary/aromatic N) is 3. The lowest BCUT2D eigenvalue weighted by Crippen LogP contribution is -2.36. The van der Waals surface area contributed by atoms with Gasteiger partial charge >= 0.3 is 0 Å². The molecule has 1 atom stereocenters. The summed E-state index contributed by atoms with van der Waals surface area (Å²) in [4.78, 5) is 30.3. The number of carbonyl (C=O) groups is 1. The zero-order chi connectivity index (χ0) is 19.0. The fraction of sp³-hybridized carbons (Fsp3) is 0.350. The third-order valence-corrected chi connectivity index (χ3v) is 4.93. The molecule has 0 radical (unpaired) electrons. The van der Waals surface area contributed by atoms with E-state index in [2.05, 4.69) is 10.1 Å². The fourth-order valence-electron chi connectivity index (χ4n) is 3.37. The first-order chi connectivity index (χ1) is 13.1. The molecule has 0 aliphatic carbocycles. The van der Waals surface area contributed by atoms with Gasteiger partial charge in [-0.05, 0) is 18.9 Å². The third-order valence-electron chi connectivity index (χ3n) is 4.93. The maximum Gasteiger partial charge on any atom is 0.280 e. The molecular weight excluding hydrogens is 344 g/mol. The molecule has 1 aliphatic rings. The molecule has 4 rings (SSSR count). The van der Waals surface area contributed by atoms with Crippen molar-refractivity contribution in [3.05, 3.63) is 69.3 Å². The van der Waals surface area contributed by atoms with Crippen molar-refractivity contribution < 1.29 is 9.53 Å². The van der Waals surface area contributed by atoms with Gasteiger partial charge in [-0.15, -0.1) is 0 Å². The van der Waals surface area contributed by atoms with Crippen LogP contribution in [0.15, 0.2) is 41.2 Å². The van der Waals surface area contributed by atoms with Crippen molar-refractivity contribution in [3.8, 4) is 0 Å². The molecule has 1 unspecified atom stereocenters. The van der Waals surface area contributed by atoms with E-state index in [0.717, 1.165) is 17.7 Å². The Kier molecular flexibility index (Phi) is 4.53. The number of hydrogen-bond acceptors (Lipinski definition) is 4. The zero-order valence-corrected chi connectivity index (χ0v) is 15.4. The summed E-state index contributed by atoms with van der Waals surface area (Å²) < 4.78 is 7.12. The van der Waals surface area contributed by atoms with Gasteiger partial charge in [0.1, 0.15) is 11.3 Å². The standard InChI is InChI=1S/C20H22N4O3/c1-3-15-9-17-21-18-16(19(25)24(17)22-15)10-23(20(18)26)13(2)11-27-12-14-7-5-4-6-8-14/h4-9,13,21H,3,10-12H2,1-2H3. The summed E-state index contributed by atoms with van der Waals surface area (Å²) in [5.74, 6) is -0.167. The van der Waals surface area contributed by atoms with E-state index < -0.39 is 0 Å². The van der Waals surface area contributed by atoms with E-state index >= 15 is 0 Å². The lowest BCUT2D eigenvalue weighted by molar-refractivity contribution is 0.0441. The Morgan fingerprint density at radius 3 is 2.78 bits per heavy atom. The van der Waals surface area contributed by atoms with Gasteiger partial charge in [0.2, 0.25) is 0 Å². The van der Waals surface area contributed by atoms with Crippen LogP contribution in [-0.2, 0) is 24.3 Å². The number of aromatic amines is 1.